The van der Waals surface area contributed by atoms with Crippen LogP contribution in [-0.2, 0) is 0 Å². The van der Waals surface area contributed by atoms with Gasteiger partial charge in [0.1, 0.15) is 11.4 Å². The molecule has 0 saturated carbocycles. The largest absolute Gasteiger partial charge is 0.416 e. The number of hydrogen-bond donors (Lipinski definition) is 1. The van der Waals surface area contributed by atoms with Crippen molar-refractivity contribution in [2.24, 2.45) is 0 Å². The quantitative estimate of drug-likeness (QED) is 0.562. The van der Waals surface area contributed by atoms with Crippen molar-refractivity contribution in [2.45, 2.75) is 20.8 Å². The highest BCUT2D eigenvalue weighted by molar-refractivity contribution is 6.05. The van der Waals surface area contributed by atoms with E-state index in [1.54, 1.807) is 38.1 Å². The fourth-order valence-electron chi connectivity index (χ4n) is 2.85. The van der Waals surface area contributed by atoms with Gasteiger partial charge in [0, 0.05) is 16.7 Å². The lowest BCUT2D eigenvalue weighted by Gasteiger charge is -2.04. The molecule has 0 atom stereocenters. The van der Waals surface area contributed by atoms with Crippen LogP contribution in [0.4, 0.5) is 5.69 Å². The van der Waals surface area contributed by atoms with Crippen molar-refractivity contribution in [3.63, 3.8) is 0 Å². The summed E-state index contributed by atoms with van der Waals surface area (Å²) in [7, 11) is 0. The lowest BCUT2D eigenvalue weighted by Crippen LogP contribution is -2.12. The number of aromatic nitrogens is 3. The molecule has 2 aromatic heterocycles. The SMILES string of the molecule is Cc1cccc(-c2nnc(-c3ccc(C(=O)Nc4c(C)noc4C)cc3)o2)c1. The second kappa shape index (κ2) is 7.11. The van der Waals surface area contributed by atoms with Crippen LogP contribution in [0.3, 0.4) is 0 Å². The number of nitrogens with zero attached hydrogens (tertiary/aromatic N) is 3. The zero-order valence-electron chi connectivity index (χ0n) is 15.7. The maximum absolute atomic E-state index is 12.5. The topological polar surface area (TPSA) is 94.1 Å². The Morgan fingerprint density at radius 2 is 1.64 bits per heavy atom. The summed E-state index contributed by atoms with van der Waals surface area (Å²) in [5, 5.41) is 14.9. The van der Waals surface area contributed by atoms with Crippen LogP contribution in [-0.4, -0.2) is 21.3 Å². The van der Waals surface area contributed by atoms with Gasteiger partial charge in [-0.2, -0.15) is 0 Å². The Morgan fingerprint density at radius 3 is 2.29 bits per heavy atom. The van der Waals surface area contributed by atoms with Gasteiger partial charge in [-0.3, -0.25) is 4.79 Å². The number of hydrogen-bond acceptors (Lipinski definition) is 6. The molecule has 7 nitrogen and oxygen atoms in total. The molecule has 0 spiro atoms. The van der Waals surface area contributed by atoms with Crippen molar-refractivity contribution in [1.82, 2.24) is 15.4 Å². The number of aryl methyl sites for hydroxylation is 3. The van der Waals surface area contributed by atoms with Crippen LogP contribution in [0.5, 0.6) is 0 Å². The number of carbonyl (C=O) groups excluding carboxylic acids is 1. The van der Waals surface area contributed by atoms with Crippen molar-refractivity contribution in [3.8, 4) is 22.9 Å². The molecule has 0 aliphatic heterocycles. The molecule has 0 fully saturated rings. The standard InChI is InChI=1S/C21H18N4O3/c1-12-5-4-6-17(11-12)21-24-23-20(27-21)16-9-7-15(8-10-16)19(26)22-18-13(2)25-28-14(18)3/h4-11H,1-3H3,(H,22,26). The van der Waals surface area contributed by atoms with Gasteiger partial charge in [-0.1, -0.05) is 22.9 Å². The monoisotopic (exact) mass is 374 g/mol. The van der Waals surface area contributed by atoms with Gasteiger partial charge in [-0.15, -0.1) is 10.2 Å². The van der Waals surface area contributed by atoms with Crippen molar-refractivity contribution in [2.75, 3.05) is 5.32 Å². The minimum atomic E-state index is -0.244. The van der Waals surface area contributed by atoms with Gasteiger partial charge in [0.15, 0.2) is 5.76 Å². The van der Waals surface area contributed by atoms with E-state index in [-0.39, 0.29) is 5.91 Å². The first-order chi connectivity index (χ1) is 13.5. The Bertz CT molecular complexity index is 1120. The lowest BCUT2D eigenvalue weighted by atomic mass is 10.1. The van der Waals surface area contributed by atoms with Gasteiger partial charge in [-0.25, -0.2) is 0 Å². The molecular formula is C21H18N4O3. The molecular weight excluding hydrogens is 356 g/mol. The third-order valence-electron chi connectivity index (χ3n) is 4.36. The van der Waals surface area contributed by atoms with Gasteiger partial charge in [0.2, 0.25) is 11.8 Å². The summed E-state index contributed by atoms with van der Waals surface area (Å²) < 4.78 is 10.8. The molecule has 1 N–H and O–H groups in total. The van der Waals surface area contributed by atoms with E-state index in [9.17, 15) is 4.79 Å². The smallest absolute Gasteiger partial charge is 0.255 e. The zero-order chi connectivity index (χ0) is 19.7. The van der Waals surface area contributed by atoms with E-state index in [0.29, 0.717) is 34.5 Å². The molecule has 2 heterocycles. The molecule has 140 valence electrons. The summed E-state index contributed by atoms with van der Waals surface area (Å²) in [6.07, 6.45) is 0. The Labute approximate surface area is 161 Å². The molecule has 0 aliphatic rings. The molecule has 0 saturated heterocycles. The van der Waals surface area contributed by atoms with Crippen LogP contribution < -0.4 is 5.32 Å². The molecule has 1 amide bonds. The second-order valence-corrected chi connectivity index (χ2v) is 6.51. The molecule has 4 aromatic rings. The summed E-state index contributed by atoms with van der Waals surface area (Å²) in [4.78, 5) is 12.5. The minimum absolute atomic E-state index is 0.244. The van der Waals surface area contributed by atoms with Gasteiger partial charge < -0.3 is 14.3 Å². The molecule has 28 heavy (non-hydrogen) atoms. The van der Waals surface area contributed by atoms with Crippen LogP contribution in [0.25, 0.3) is 22.9 Å². The maximum Gasteiger partial charge on any atom is 0.255 e. The first-order valence-corrected chi connectivity index (χ1v) is 8.76. The van der Waals surface area contributed by atoms with E-state index in [1.165, 1.54) is 0 Å². The highest BCUT2D eigenvalue weighted by Crippen LogP contribution is 2.25. The van der Waals surface area contributed by atoms with E-state index in [2.05, 4.69) is 20.7 Å². The van der Waals surface area contributed by atoms with E-state index in [1.807, 2.05) is 31.2 Å². The molecule has 7 heteroatoms. The number of anilines is 1. The molecule has 2 aromatic carbocycles. The molecule has 0 radical (unpaired) electrons. The molecule has 4 rings (SSSR count). The fraction of sp³-hybridized carbons (Fsp3) is 0.143. The first kappa shape index (κ1) is 17.7. The molecule has 0 bridgehead atoms. The maximum atomic E-state index is 12.5. The van der Waals surface area contributed by atoms with Crippen LogP contribution in [0.15, 0.2) is 57.5 Å². The normalized spacial score (nSPS) is 10.8. The third kappa shape index (κ3) is 3.42. The van der Waals surface area contributed by atoms with E-state index < -0.39 is 0 Å². The summed E-state index contributed by atoms with van der Waals surface area (Å²) in [6.45, 7) is 5.53. The van der Waals surface area contributed by atoms with Crippen molar-refractivity contribution in [3.05, 3.63) is 71.1 Å². The Morgan fingerprint density at radius 1 is 0.929 bits per heavy atom. The van der Waals surface area contributed by atoms with E-state index >= 15 is 0 Å². The number of carbonyl (C=O) groups is 1. The number of amides is 1. The Kier molecular flexibility index (Phi) is 4.49. The van der Waals surface area contributed by atoms with E-state index in [0.717, 1.165) is 16.7 Å². The zero-order valence-corrected chi connectivity index (χ0v) is 15.7. The second-order valence-electron chi connectivity index (χ2n) is 6.51. The number of rotatable bonds is 4. The highest BCUT2D eigenvalue weighted by atomic mass is 16.5. The number of benzene rings is 2. The molecule has 0 aliphatic carbocycles. The third-order valence-corrected chi connectivity index (χ3v) is 4.36. The Balaban J connectivity index is 1.53. The summed E-state index contributed by atoms with van der Waals surface area (Å²) >= 11 is 0. The van der Waals surface area contributed by atoms with Gasteiger partial charge >= 0.3 is 0 Å². The summed E-state index contributed by atoms with van der Waals surface area (Å²) in [5.41, 5.74) is 4.45. The minimum Gasteiger partial charge on any atom is -0.416 e. The number of nitrogens with one attached hydrogen (secondary N) is 1. The van der Waals surface area contributed by atoms with Gasteiger partial charge in [0.25, 0.3) is 5.91 Å². The van der Waals surface area contributed by atoms with Crippen LogP contribution in [0, 0.1) is 20.8 Å². The average molecular weight is 374 g/mol. The average Bonchev–Trinajstić information content (AvgIpc) is 3.31. The Hall–Kier alpha value is -3.74. The summed E-state index contributed by atoms with van der Waals surface area (Å²) in [5.74, 6) is 1.18. The van der Waals surface area contributed by atoms with Gasteiger partial charge in [-0.05, 0) is 57.2 Å². The van der Waals surface area contributed by atoms with Crippen LogP contribution in [0.1, 0.15) is 27.4 Å². The van der Waals surface area contributed by atoms with Crippen LogP contribution in [0.2, 0.25) is 0 Å². The van der Waals surface area contributed by atoms with Crippen molar-refractivity contribution in [1.29, 1.82) is 0 Å². The van der Waals surface area contributed by atoms with E-state index in [4.69, 9.17) is 8.94 Å². The predicted octanol–water partition coefficient (Wildman–Crippen LogP) is 4.57. The lowest BCUT2D eigenvalue weighted by molar-refractivity contribution is 0.102. The van der Waals surface area contributed by atoms with Crippen LogP contribution >= 0.6 is 0 Å². The summed E-state index contributed by atoms with van der Waals surface area (Å²) in [6, 6.07) is 14.8. The highest BCUT2D eigenvalue weighted by Gasteiger charge is 2.15. The van der Waals surface area contributed by atoms with Gasteiger partial charge in [0.05, 0.1) is 0 Å². The first-order valence-electron chi connectivity index (χ1n) is 8.76. The van der Waals surface area contributed by atoms with Crippen molar-refractivity contribution < 1.29 is 13.7 Å². The fourth-order valence-corrected chi connectivity index (χ4v) is 2.85. The predicted molar refractivity (Wildman–Crippen MR) is 104 cm³/mol. The van der Waals surface area contributed by atoms with Crippen molar-refractivity contribution >= 4 is 11.6 Å². The molecule has 0 unspecified atom stereocenters.